The summed E-state index contributed by atoms with van der Waals surface area (Å²) in [7, 11) is 0. The molecule has 1 aromatic heterocycles. The summed E-state index contributed by atoms with van der Waals surface area (Å²) in [5, 5.41) is 13.4. The summed E-state index contributed by atoms with van der Waals surface area (Å²) in [5.41, 5.74) is 0.659. The molecular weight excluding hydrogens is 386 g/mol. The third-order valence-corrected chi connectivity index (χ3v) is 4.39. The molecule has 2 aromatic carbocycles. The monoisotopic (exact) mass is 400 g/mol. The molecule has 0 bridgehead atoms. The van der Waals surface area contributed by atoms with Crippen molar-refractivity contribution in [3.63, 3.8) is 0 Å². The number of hydrogen-bond donors (Lipinski definition) is 2. The average Bonchev–Trinajstić information content (AvgIpc) is 2.71. The number of rotatable bonds is 6. The Balaban J connectivity index is 1.50. The van der Waals surface area contributed by atoms with Gasteiger partial charge in [0.25, 0.3) is 5.91 Å². The number of anilines is 2. The quantitative estimate of drug-likeness (QED) is 0.616. The zero-order valence-corrected chi connectivity index (χ0v) is 15.2. The third-order valence-electron chi connectivity index (χ3n) is 3.47. The minimum absolute atomic E-state index is 0.00337. The first-order valence-electron chi connectivity index (χ1n) is 8.09. The van der Waals surface area contributed by atoms with E-state index in [1.807, 2.05) is 6.07 Å². The Hall–Kier alpha value is -3.33. The summed E-state index contributed by atoms with van der Waals surface area (Å²) in [6.45, 7) is 0. The lowest BCUT2D eigenvalue weighted by atomic mass is 10.2. The summed E-state index contributed by atoms with van der Waals surface area (Å²) < 4.78 is 26.0. The van der Waals surface area contributed by atoms with Gasteiger partial charge in [-0.25, -0.2) is 8.78 Å². The summed E-state index contributed by atoms with van der Waals surface area (Å²) in [6, 6.07) is 15.0. The summed E-state index contributed by atoms with van der Waals surface area (Å²) in [5.74, 6) is -2.44. The second-order valence-electron chi connectivity index (χ2n) is 5.54. The van der Waals surface area contributed by atoms with Crippen LogP contribution in [-0.2, 0) is 4.79 Å². The molecule has 0 aliphatic heterocycles. The third kappa shape index (κ3) is 5.34. The van der Waals surface area contributed by atoms with E-state index in [1.165, 1.54) is 6.07 Å². The normalized spacial score (nSPS) is 10.4. The first kappa shape index (κ1) is 19.4. The van der Waals surface area contributed by atoms with Gasteiger partial charge in [-0.2, -0.15) is 0 Å². The lowest BCUT2D eigenvalue weighted by molar-refractivity contribution is -0.113. The highest BCUT2D eigenvalue weighted by Gasteiger charge is 2.09. The van der Waals surface area contributed by atoms with Gasteiger partial charge < -0.3 is 10.6 Å². The van der Waals surface area contributed by atoms with Crippen LogP contribution in [-0.4, -0.2) is 27.8 Å². The van der Waals surface area contributed by atoms with Crippen LogP contribution in [0.1, 0.15) is 10.4 Å². The minimum atomic E-state index is -1.04. The van der Waals surface area contributed by atoms with Gasteiger partial charge in [-0.05, 0) is 36.4 Å². The van der Waals surface area contributed by atoms with Crippen LogP contribution < -0.4 is 10.6 Å². The second kappa shape index (κ2) is 9.05. The molecule has 9 heteroatoms. The van der Waals surface area contributed by atoms with E-state index in [2.05, 4.69) is 20.8 Å². The average molecular weight is 400 g/mol. The Labute approximate surface area is 163 Å². The molecule has 28 heavy (non-hydrogen) atoms. The lowest BCUT2D eigenvalue weighted by Gasteiger charge is -2.06. The van der Waals surface area contributed by atoms with Crippen molar-refractivity contribution in [1.29, 1.82) is 0 Å². The molecule has 2 N–H and O–H groups in total. The number of halogens is 2. The van der Waals surface area contributed by atoms with Crippen LogP contribution in [0.5, 0.6) is 0 Å². The van der Waals surface area contributed by atoms with Gasteiger partial charge in [0.05, 0.1) is 5.75 Å². The molecule has 1 heterocycles. The predicted molar refractivity (Wildman–Crippen MR) is 102 cm³/mol. The molecule has 0 fully saturated rings. The standard InChI is InChI=1S/C19H14F2N4O2S/c20-14-7-6-13(10-15(14)21)22-17(26)11-28-18-9-8-16(24-25-18)23-19(27)12-4-2-1-3-5-12/h1-10H,11H2,(H,22,26)(H,23,24,27). The van der Waals surface area contributed by atoms with Crippen LogP contribution in [0.3, 0.4) is 0 Å². The van der Waals surface area contributed by atoms with E-state index in [9.17, 15) is 18.4 Å². The molecule has 2 amide bonds. The molecule has 6 nitrogen and oxygen atoms in total. The highest BCUT2D eigenvalue weighted by atomic mass is 32.2. The predicted octanol–water partition coefficient (Wildman–Crippen LogP) is 3.74. The van der Waals surface area contributed by atoms with Gasteiger partial charge in [-0.3, -0.25) is 9.59 Å². The highest BCUT2D eigenvalue weighted by molar-refractivity contribution is 7.99. The molecule has 0 saturated heterocycles. The largest absolute Gasteiger partial charge is 0.325 e. The number of thioether (sulfide) groups is 1. The van der Waals surface area contributed by atoms with Crippen molar-refractivity contribution in [3.8, 4) is 0 Å². The van der Waals surface area contributed by atoms with Gasteiger partial charge in [0.15, 0.2) is 17.5 Å². The van der Waals surface area contributed by atoms with E-state index in [4.69, 9.17) is 0 Å². The number of amides is 2. The molecule has 0 atom stereocenters. The van der Waals surface area contributed by atoms with Crippen LogP contribution in [0.25, 0.3) is 0 Å². The van der Waals surface area contributed by atoms with E-state index in [0.29, 0.717) is 10.6 Å². The fourth-order valence-corrected chi connectivity index (χ4v) is 2.77. The first-order chi connectivity index (χ1) is 13.5. The lowest BCUT2D eigenvalue weighted by Crippen LogP contribution is -2.15. The van der Waals surface area contributed by atoms with Crippen molar-refractivity contribution in [2.75, 3.05) is 16.4 Å². The topological polar surface area (TPSA) is 84.0 Å². The molecule has 0 unspecified atom stereocenters. The van der Waals surface area contributed by atoms with Gasteiger partial charge in [-0.15, -0.1) is 10.2 Å². The molecule has 0 spiro atoms. The van der Waals surface area contributed by atoms with Gasteiger partial charge in [0.1, 0.15) is 5.03 Å². The number of benzene rings is 2. The number of carbonyl (C=O) groups excluding carboxylic acids is 2. The zero-order valence-electron chi connectivity index (χ0n) is 14.4. The van der Waals surface area contributed by atoms with Crippen molar-refractivity contribution in [1.82, 2.24) is 10.2 Å². The second-order valence-corrected chi connectivity index (χ2v) is 6.54. The van der Waals surface area contributed by atoms with Crippen LogP contribution in [0, 0.1) is 11.6 Å². The SMILES string of the molecule is O=C(CSc1ccc(NC(=O)c2ccccc2)nn1)Nc1ccc(F)c(F)c1. The molecule has 0 aliphatic carbocycles. The fraction of sp³-hybridized carbons (Fsp3) is 0.0526. The maximum absolute atomic E-state index is 13.1. The van der Waals surface area contributed by atoms with Crippen molar-refractivity contribution in [3.05, 3.63) is 77.9 Å². The molecular formula is C19H14F2N4O2S. The van der Waals surface area contributed by atoms with Gasteiger partial charge in [0.2, 0.25) is 5.91 Å². The number of aromatic nitrogens is 2. The van der Waals surface area contributed by atoms with Crippen molar-refractivity contribution in [2.45, 2.75) is 5.03 Å². The van der Waals surface area contributed by atoms with Crippen LogP contribution in [0.15, 0.2) is 65.7 Å². The Morgan fingerprint density at radius 3 is 2.36 bits per heavy atom. The minimum Gasteiger partial charge on any atom is -0.325 e. The Bertz CT molecular complexity index is 985. The van der Waals surface area contributed by atoms with Crippen LogP contribution in [0.2, 0.25) is 0 Å². The van der Waals surface area contributed by atoms with Crippen LogP contribution >= 0.6 is 11.8 Å². The summed E-state index contributed by atoms with van der Waals surface area (Å²) >= 11 is 1.11. The van der Waals surface area contributed by atoms with Crippen molar-refractivity contribution in [2.24, 2.45) is 0 Å². The number of nitrogens with zero attached hydrogens (tertiary/aromatic N) is 2. The summed E-state index contributed by atoms with van der Waals surface area (Å²) in [6.07, 6.45) is 0. The van der Waals surface area contributed by atoms with Gasteiger partial charge in [-0.1, -0.05) is 30.0 Å². The Kier molecular flexibility index (Phi) is 6.28. The Morgan fingerprint density at radius 1 is 0.893 bits per heavy atom. The Morgan fingerprint density at radius 2 is 1.68 bits per heavy atom. The molecule has 3 rings (SSSR count). The maximum Gasteiger partial charge on any atom is 0.256 e. The molecule has 0 radical (unpaired) electrons. The highest BCUT2D eigenvalue weighted by Crippen LogP contribution is 2.17. The van der Waals surface area contributed by atoms with Crippen molar-refractivity contribution < 1.29 is 18.4 Å². The van der Waals surface area contributed by atoms with Gasteiger partial charge >= 0.3 is 0 Å². The molecule has 0 saturated carbocycles. The van der Waals surface area contributed by atoms with E-state index >= 15 is 0 Å². The maximum atomic E-state index is 13.1. The van der Waals surface area contributed by atoms with E-state index in [0.717, 1.165) is 23.9 Å². The van der Waals surface area contributed by atoms with Gasteiger partial charge in [0, 0.05) is 17.3 Å². The summed E-state index contributed by atoms with van der Waals surface area (Å²) in [4.78, 5) is 23.9. The smallest absolute Gasteiger partial charge is 0.256 e. The number of carbonyl (C=O) groups is 2. The zero-order chi connectivity index (χ0) is 19.9. The molecule has 3 aromatic rings. The molecule has 0 aliphatic rings. The fourth-order valence-electron chi connectivity index (χ4n) is 2.15. The van der Waals surface area contributed by atoms with E-state index < -0.39 is 17.5 Å². The van der Waals surface area contributed by atoms with E-state index in [1.54, 1.807) is 36.4 Å². The first-order valence-corrected chi connectivity index (χ1v) is 9.07. The van der Waals surface area contributed by atoms with E-state index in [-0.39, 0.29) is 23.2 Å². The number of nitrogens with one attached hydrogen (secondary N) is 2. The van der Waals surface area contributed by atoms with Crippen molar-refractivity contribution >= 4 is 35.1 Å². The molecule has 142 valence electrons. The number of hydrogen-bond acceptors (Lipinski definition) is 5. The van der Waals surface area contributed by atoms with Crippen LogP contribution in [0.4, 0.5) is 20.3 Å².